The van der Waals surface area contributed by atoms with Crippen molar-refractivity contribution in [2.75, 3.05) is 5.73 Å². The molecule has 0 atom stereocenters. The maximum atomic E-state index is 9.13. The van der Waals surface area contributed by atoms with Crippen molar-refractivity contribution in [3.8, 4) is 6.07 Å². The lowest BCUT2D eigenvalue weighted by Crippen LogP contribution is -2.15. The second-order valence-corrected chi connectivity index (χ2v) is 5.55. The summed E-state index contributed by atoms with van der Waals surface area (Å²) in [6, 6.07) is 2.16. The zero-order chi connectivity index (χ0) is 12.5. The Morgan fingerprint density at radius 3 is 2.31 bits per heavy atom. The van der Waals surface area contributed by atoms with Gasteiger partial charge < -0.3 is 5.73 Å². The van der Waals surface area contributed by atoms with E-state index >= 15 is 0 Å². The minimum Gasteiger partial charge on any atom is -0.383 e. The molecule has 1 aromatic rings. The van der Waals surface area contributed by atoms with Gasteiger partial charge in [-0.2, -0.15) is 10.4 Å². The molecule has 0 spiro atoms. The fourth-order valence-electron chi connectivity index (χ4n) is 1.60. The van der Waals surface area contributed by atoms with Crippen molar-refractivity contribution in [2.45, 2.75) is 46.6 Å². The number of aromatic nitrogens is 2. The van der Waals surface area contributed by atoms with E-state index in [1.54, 1.807) is 4.68 Å². The van der Waals surface area contributed by atoms with Crippen LogP contribution in [-0.4, -0.2) is 9.78 Å². The summed E-state index contributed by atoms with van der Waals surface area (Å²) in [5.74, 6) is 0.947. The molecule has 1 rings (SSSR count). The molecule has 16 heavy (non-hydrogen) atoms. The molecule has 0 bridgehead atoms. The van der Waals surface area contributed by atoms with E-state index in [1.165, 1.54) is 0 Å². The lowest BCUT2D eigenvalue weighted by Gasteiger charge is -2.15. The topological polar surface area (TPSA) is 67.6 Å². The highest BCUT2D eigenvalue weighted by Gasteiger charge is 2.25. The Morgan fingerprint density at radius 2 is 2.00 bits per heavy atom. The van der Waals surface area contributed by atoms with E-state index in [0.29, 0.717) is 17.3 Å². The van der Waals surface area contributed by atoms with Gasteiger partial charge in [0.15, 0.2) is 0 Å². The van der Waals surface area contributed by atoms with E-state index in [-0.39, 0.29) is 5.41 Å². The van der Waals surface area contributed by atoms with Crippen LogP contribution in [0, 0.1) is 17.2 Å². The van der Waals surface area contributed by atoms with Gasteiger partial charge in [0, 0.05) is 12.0 Å². The van der Waals surface area contributed by atoms with Gasteiger partial charge in [-0.05, 0) is 5.92 Å². The normalized spacial score (nSPS) is 11.8. The zero-order valence-electron chi connectivity index (χ0n) is 10.7. The van der Waals surface area contributed by atoms with Crippen LogP contribution in [-0.2, 0) is 12.0 Å². The molecule has 0 radical (unpaired) electrons. The van der Waals surface area contributed by atoms with Crippen molar-refractivity contribution in [2.24, 2.45) is 5.92 Å². The molecule has 1 aromatic heterocycles. The fourth-order valence-corrected chi connectivity index (χ4v) is 1.60. The average Bonchev–Trinajstić information content (AvgIpc) is 2.42. The summed E-state index contributed by atoms with van der Waals surface area (Å²) in [5, 5.41) is 13.6. The number of nitrogens with zero attached hydrogens (tertiary/aromatic N) is 3. The molecule has 0 aliphatic carbocycles. The van der Waals surface area contributed by atoms with Gasteiger partial charge in [-0.1, -0.05) is 34.6 Å². The Morgan fingerprint density at radius 1 is 1.44 bits per heavy atom. The highest BCUT2D eigenvalue weighted by molar-refractivity contribution is 5.53. The first-order valence-electron chi connectivity index (χ1n) is 5.54. The maximum absolute atomic E-state index is 9.13. The summed E-state index contributed by atoms with van der Waals surface area (Å²) in [7, 11) is 0. The lowest BCUT2D eigenvalue weighted by molar-refractivity contribution is 0.469. The summed E-state index contributed by atoms with van der Waals surface area (Å²) >= 11 is 0. The SMILES string of the molecule is CC(C)Cn1nc(C(C)(C)C)c(C#N)c1N. The predicted molar refractivity (Wildman–Crippen MR) is 64.9 cm³/mol. The van der Waals surface area contributed by atoms with E-state index < -0.39 is 0 Å². The van der Waals surface area contributed by atoms with E-state index in [9.17, 15) is 0 Å². The first-order chi connectivity index (χ1) is 7.27. The minimum atomic E-state index is -0.151. The van der Waals surface area contributed by atoms with Crippen molar-refractivity contribution in [1.29, 1.82) is 5.26 Å². The Bertz CT molecular complexity index is 415. The molecular formula is C12H20N4. The van der Waals surface area contributed by atoms with Crippen LogP contribution < -0.4 is 5.73 Å². The second kappa shape index (κ2) is 4.17. The van der Waals surface area contributed by atoms with Crippen LogP contribution >= 0.6 is 0 Å². The molecule has 0 aliphatic heterocycles. The standard InChI is InChI=1S/C12H20N4/c1-8(2)7-16-11(14)9(6-13)10(15-16)12(3,4)5/h8H,7,14H2,1-5H3. The van der Waals surface area contributed by atoms with Gasteiger partial charge in [0.05, 0.1) is 5.69 Å². The number of rotatable bonds is 2. The van der Waals surface area contributed by atoms with E-state index in [1.807, 2.05) is 20.8 Å². The van der Waals surface area contributed by atoms with E-state index in [2.05, 4.69) is 25.0 Å². The van der Waals surface area contributed by atoms with Gasteiger partial charge in [-0.15, -0.1) is 0 Å². The van der Waals surface area contributed by atoms with Crippen LogP contribution in [0.3, 0.4) is 0 Å². The number of hydrogen-bond donors (Lipinski definition) is 1. The number of nitrogen functional groups attached to an aromatic ring is 1. The Kier molecular flexibility index (Phi) is 3.27. The minimum absolute atomic E-state index is 0.151. The number of nitriles is 1. The van der Waals surface area contributed by atoms with Crippen LogP contribution in [0.1, 0.15) is 45.9 Å². The molecule has 0 fully saturated rings. The van der Waals surface area contributed by atoms with Gasteiger partial charge in [0.2, 0.25) is 0 Å². The Labute approximate surface area is 97.1 Å². The quantitative estimate of drug-likeness (QED) is 0.831. The van der Waals surface area contributed by atoms with Crippen molar-refractivity contribution in [1.82, 2.24) is 9.78 Å². The average molecular weight is 220 g/mol. The lowest BCUT2D eigenvalue weighted by atomic mass is 9.90. The van der Waals surface area contributed by atoms with Crippen molar-refractivity contribution < 1.29 is 0 Å². The molecule has 4 nitrogen and oxygen atoms in total. The smallest absolute Gasteiger partial charge is 0.140 e. The van der Waals surface area contributed by atoms with Gasteiger partial charge >= 0.3 is 0 Å². The second-order valence-electron chi connectivity index (χ2n) is 5.55. The maximum Gasteiger partial charge on any atom is 0.140 e. The summed E-state index contributed by atoms with van der Waals surface area (Å²) in [6.45, 7) is 11.1. The molecule has 0 amide bonds. The largest absolute Gasteiger partial charge is 0.383 e. The molecule has 4 heteroatoms. The molecule has 0 aromatic carbocycles. The monoisotopic (exact) mass is 220 g/mol. The molecule has 0 saturated heterocycles. The number of hydrogen-bond acceptors (Lipinski definition) is 3. The summed E-state index contributed by atoms with van der Waals surface area (Å²) < 4.78 is 1.74. The van der Waals surface area contributed by atoms with Gasteiger partial charge in [-0.3, -0.25) is 0 Å². The molecule has 1 heterocycles. The van der Waals surface area contributed by atoms with Crippen LogP contribution in [0.2, 0.25) is 0 Å². The van der Waals surface area contributed by atoms with Crippen molar-refractivity contribution in [3.63, 3.8) is 0 Å². The molecular weight excluding hydrogens is 200 g/mol. The third-order valence-corrected chi connectivity index (χ3v) is 2.35. The highest BCUT2D eigenvalue weighted by atomic mass is 15.3. The third kappa shape index (κ3) is 2.35. The van der Waals surface area contributed by atoms with Crippen LogP contribution in [0.15, 0.2) is 0 Å². The van der Waals surface area contributed by atoms with Crippen molar-refractivity contribution >= 4 is 5.82 Å². The zero-order valence-corrected chi connectivity index (χ0v) is 10.7. The molecule has 2 N–H and O–H groups in total. The van der Waals surface area contributed by atoms with Crippen LogP contribution in [0.25, 0.3) is 0 Å². The highest BCUT2D eigenvalue weighted by Crippen LogP contribution is 2.28. The van der Waals surface area contributed by atoms with Crippen LogP contribution in [0.4, 0.5) is 5.82 Å². The summed E-state index contributed by atoms with van der Waals surface area (Å²) in [4.78, 5) is 0. The third-order valence-electron chi connectivity index (χ3n) is 2.35. The molecule has 88 valence electrons. The predicted octanol–water partition coefficient (Wildman–Crippen LogP) is 2.29. The Balaban J connectivity index is 3.27. The molecule has 0 unspecified atom stereocenters. The Hall–Kier alpha value is -1.50. The summed E-state index contributed by atoms with van der Waals surface area (Å²) in [5.41, 5.74) is 7.09. The molecule has 0 saturated carbocycles. The van der Waals surface area contributed by atoms with Gasteiger partial charge in [0.1, 0.15) is 17.5 Å². The van der Waals surface area contributed by atoms with Gasteiger partial charge in [0.25, 0.3) is 0 Å². The summed E-state index contributed by atoms with van der Waals surface area (Å²) in [6.07, 6.45) is 0. The number of nitrogens with two attached hydrogens (primary N) is 1. The van der Waals surface area contributed by atoms with E-state index in [0.717, 1.165) is 12.2 Å². The number of anilines is 1. The van der Waals surface area contributed by atoms with Crippen molar-refractivity contribution in [3.05, 3.63) is 11.3 Å². The fraction of sp³-hybridized carbons (Fsp3) is 0.667. The van der Waals surface area contributed by atoms with Gasteiger partial charge in [-0.25, -0.2) is 4.68 Å². The van der Waals surface area contributed by atoms with Crippen LogP contribution in [0.5, 0.6) is 0 Å². The first kappa shape index (κ1) is 12.6. The van der Waals surface area contributed by atoms with E-state index in [4.69, 9.17) is 11.0 Å². The first-order valence-corrected chi connectivity index (χ1v) is 5.54. The molecule has 0 aliphatic rings.